The molecule has 0 fully saturated rings. The van der Waals surface area contributed by atoms with Crippen LogP contribution in [0.25, 0.3) is 0 Å². The quantitative estimate of drug-likeness (QED) is 0.479. The van der Waals surface area contributed by atoms with Gasteiger partial charge in [-0.25, -0.2) is 10.2 Å². The van der Waals surface area contributed by atoms with Gasteiger partial charge in [0.2, 0.25) is 0 Å². The average Bonchev–Trinajstić information content (AvgIpc) is 2.65. The van der Waals surface area contributed by atoms with Crippen LogP contribution in [0.1, 0.15) is 21.5 Å². The third-order valence-electron chi connectivity index (χ3n) is 3.34. The van der Waals surface area contributed by atoms with Crippen LogP contribution in [0.4, 0.5) is 0 Å². The second kappa shape index (κ2) is 9.71. The number of hydrazone groups is 1. The first-order chi connectivity index (χ1) is 12.9. The number of hydrogen-bond donors (Lipinski definition) is 3. The predicted molar refractivity (Wildman–Crippen MR) is 98.8 cm³/mol. The van der Waals surface area contributed by atoms with E-state index < -0.39 is 18.5 Å². The van der Waals surface area contributed by atoms with Gasteiger partial charge in [-0.15, -0.1) is 0 Å². The second-order valence-electron chi connectivity index (χ2n) is 5.60. The molecule has 27 heavy (non-hydrogen) atoms. The molecule has 0 aliphatic heterocycles. The molecule has 140 valence electrons. The molecule has 0 saturated heterocycles. The van der Waals surface area contributed by atoms with E-state index in [0.29, 0.717) is 16.9 Å². The van der Waals surface area contributed by atoms with Crippen LogP contribution >= 0.6 is 0 Å². The highest BCUT2D eigenvalue weighted by atomic mass is 16.5. The number of carbonyl (C=O) groups excluding carboxylic acids is 2. The summed E-state index contributed by atoms with van der Waals surface area (Å²) in [6.07, 6.45) is 1.42. The maximum absolute atomic E-state index is 11.9. The number of hydrogen-bond acceptors (Lipinski definition) is 5. The van der Waals surface area contributed by atoms with E-state index in [1.807, 2.05) is 13.0 Å². The molecule has 0 aliphatic carbocycles. The van der Waals surface area contributed by atoms with Crippen molar-refractivity contribution in [1.82, 2.24) is 10.7 Å². The Hall–Kier alpha value is -3.68. The minimum Gasteiger partial charge on any atom is -0.482 e. The van der Waals surface area contributed by atoms with E-state index in [1.54, 1.807) is 42.5 Å². The number of benzene rings is 2. The molecule has 2 aromatic rings. The summed E-state index contributed by atoms with van der Waals surface area (Å²) in [5.74, 6) is -1.45. The number of nitrogens with one attached hydrogen (secondary N) is 2. The number of ether oxygens (including phenoxy) is 1. The van der Waals surface area contributed by atoms with E-state index in [1.165, 1.54) is 6.21 Å². The van der Waals surface area contributed by atoms with E-state index >= 15 is 0 Å². The molecule has 0 saturated carbocycles. The molecule has 0 heterocycles. The zero-order valence-electron chi connectivity index (χ0n) is 14.6. The third-order valence-corrected chi connectivity index (χ3v) is 3.34. The Morgan fingerprint density at radius 1 is 1.15 bits per heavy atom. The summed E-state index contributed by atoms with van der Waals surface area (Å²) in [5.41, 5.74) is 4.43. The molecule has 2 amide bonds. The molecule has 0 radical (unpaired) electrons. The summed E-state index contributed by atoms with van der Waals surface area (Å²) >= 11 is 0. The van der Waals surface area contributed by atoms with Crippen LogP contribution in [0.15, 0.2) is 53.6 Å². The summed E-state index contributed by atoms with van der Waals surface area (Å²) in [6, 6.07) is 13.5. The Bertz CT molecular complexity index is 847. The summed E-state index contributed by atoms with van der Waals surface area (Å²) in [7, 11) is 0. The van der Waals surface area contributed by atoms with Crippen LogP contribution in [0, 0.1) is 6.92 Å². The van der Waals surface area contributed by atoms with Gasteiger partial charge >= 0.3 is 5.97 Å². The van der Waals surface area contributed by atoms with E-state index in [-0.39, 0.29) is 12.5 Å². The normalized spacial score (nSPS) is 10.4. The van der Waals surface area contributed by atoms with Crippen LogP contribution in [-0.4, -0.2) is 42.3 Å². The van der Waals surface area contributed by atoms with Crippen molar-refractivity contribution in [2.45, 2.75) is 6.92 Å². The third kappa shape index (κ3) is 6.99. The predicted octanol–water partition coefficient (Wildman–Crippen LogP) is 1.34. The first kappa shape index (κ1) is 19.6. The topological polar surface area (TPSA) is 117 Å². The number of aryl methyl sites for hydroxylation is 1. The Balaban J connectivity index is 1.76. The van der Waals surface area contributed by atoms with Crippen molar-refractivity contribution in [2.24, 2.45) is 5.10 Å². The molecule has 0 atom stereocenters. The molecule has 0 aliphatic rings. The zero-order chi connectivity index (χ0) is 19.6. The van der Waals surface area contributed by atoms with Crippen LogP contribution in [0.5, 0.6) is 5.75 Å². The number of nitrogens with zero attached hydrogens (tertiary/aromatic N) is 1. The van der Waals surface area contributed by atoms with Crippen LogP contribution in [0.2, 0.25) is 0 Å². The fourth-order valence-corrected chi connectivity index (χ4v) is 2.06. The Kier molecular flexibility index (Phi) is 7.07. The van der Waals surface area contributed by atoms with Crippen LogP contribution < -0.4 is 15.5 Å². The number of rotatable bonds is 8. The largest absolute Gasteiger partial charge is 0.482 e. The standard InChI is InChI=1S/C19H19N3O5/c1-13-3-2-4-15(9-13)19(26)20-11-17(23)22-21-10-14-5-7-16(8-6-14)27-12-18(24)25/h2-10H,11-12H2,1H3,(H,20,26)(H,22,23)(H,24,25)/b21-10+. The first-order valence-corrected chi connectivity index (χ1v) is 8.05. The number of carboxylic acid groups (broad SMARTS) is 1. The highest BCUT2D eigenvalue weighted by Crippen LogP contribution is 2.10. The van der Waals surface area contributed by atoms with E-state index in [4.69, 9.17) is 9.84 Å². The monoisotopic (exact) mass is 369 g/mol. The lowest BCUT2D eigenvalue weighted by Crippen LogP contribution is -2.34. The molecule has 0 bridgehead atoms. The van der Waals surface area contributed by atoms with Crippen LogP contribution in [-0.2, 0) is 9.59 Å². The van der Waals surface area contributed by atoms with Crippen molar-refractivity contribution >= 4 is 24.0 Å². The summed E-state index contributed by atoms with van der Waals surface area (Å²) < 4.78 is 5.01. The maximum Gasteiger partial charge on any atom is 0.341 e. The minimum atomic E-state index is -1.06. The molecule has 2 rings (SSSR count). The smallest absolute Gasteiger partial charge is 0.341 e. The van der Waals surface area contributed by atoms with Crippen molar-refractivity contribution in [3.05, 3.63) is 65.2 Å². The number of carboxylic acids is 1. The summed E-state index contributed by atoms with van der Waals surface area (Å²) in [5, 5.41) is 14.9. The van der Waals surface area contributed by atoms with Gasteiger partial charge in [-0.1, -0.05) is 17.7 Å². The van der Waals surface area contributed by atoms with E-state index in [0.717, 1.165) is 5.56 Å². The highest BCUT2D eigenvalue weighted by Gasteiger charge is 2.07. The average molecular weight is 369 g/mol. The molecular formula is C19H19N3O5. The second-order valence-corrected chi connectivity index (χ2v) is 5.60. The SMILES string of the molecule is Cc1cccc(C(=O)NCC(=O)N/N=C/c2ccc(OCC(=O)O)cc2)c1. The molecule has 2 aromatic carbocycles. The molecule has 8 nitrogen and oxygen atoms in total. The van der Waals surface area contributed by atoms with Gasteiger partial charge in [0, 0.05) is 5.56 Å². The molecule has 3 N–H and O–H groups in total. The van der Waals surface area contributed by atoms with Gasteiger partial charge in [0.15, 0.2) is 6.61 Å². The fraction of sp³-hybridized carbons (Fsp3) is 0.158. The van der Waals surface area contributed by atoms with Gasteiger partial charge < -0.3 is 15.2 Å². The summed E-state index contributed by atoms with van der Waals surface area (Å²) in [6.45, 7) is 1.26. The van der Waals surface area contributed by atoms with E-state index in [2.05, 4.69) is 15.8 Å². The summed E-state index contributed by atoms with van der Waals surface area (Å²) in [4.78, 5) is 34.1. The fourth-order valence-electron chi connectivity index (χ4n) is 2.06. The van der Waals surface area contributed by atoms with Crippen molar-refractivity contribution in [3.63, 3.8) is 0 Å². The van der Waals surface area contributed by atoms with Gasteiger partial charge in [0.05, 0.1) is 12.8 Å². The molecule has 0 aromatic heterocycles. The van der Waals surface area contributed by atoms with Gasteiger partial charge in [-0.2, -0.15) is 5.10 Å². The van der Waals surface area contributed by atoms with Gasteiger partial charge in [0.1, 0.15) is 5.75 Å². The van der Waals surface area contributed by atoms with Gasteiger partial charge in [-0.3, -0.25) is 9.59 Å². The molecule has 0 unspecified atom stereocenters. The lowest BCUT2D eigenvalue weighted by molar-refractivity contribution is -0.139. The number of amides is 2. The molecular weight excluding hydrogens is 350 g/mol. The minimum absolute atomic E-state index is 0.202. The molecule has 8 heteroatoms. The zero-order valence-corrected chi connectivity index (χ0v) is 14.6. The lowest BCUT2D eigenvalue weighted by atomic mass is 10.1. The Labute approximate surface area is 155 Å². The lowest BCUT2D eigenvalue weighted by Gasteiger charge is -2.05. The molecule has 0 spiro atoms. The van der Waals surface area contributed by atoms with Crippen molar-refractivity contribution < 1.29 is 24.2 Å². The van der Waals surface area contributed by atoms with E-state index in [9.17, 15) is 14.4 Å². The Morgan fingerprint density at radius 2 is 1.89 bits per heavy atom. The maximum atomic E-state index is 11.9. The number of aliphatic carboxylic acids is 1. The number of carbonyl (C=O) groups is 3. The van der Waals surface area contributed by atoms with Crippen molar-refractivity contribution in [2.75, 3.05) is 13.2 Å². The van der Waals surface area contributed by atoms with Crippen molar-refractivity contribution in [3.8, 4) is 5.75 Å². The van der Waals surface area contributed by atoms with Crippen molar-refractivity contribution in [1.29, 1.82) is 0 Å². The van der Waals surface area contributed by atoms with Gasteiger partial charge in [0.25, 0.3) is 11.8 Å². The highest BCUT2D eigenvalue weighted by molar-refractivity contribution is 5.96. The van der Waals surface area contributed by atoms with Crippen LogP contribution in [0.3, 0.4) is 0 Å². The Morgan fingerprint density at radius 3 is 2.56 bits per heavy atom. The van der Waals surface area contributed by atoms with Gasteiger partial charge in [-0.05, 0) is 48.9 Å². The first-order valence-electron chi connectivity index (χ1n) is 8.05.